The molecule has 2 rings (SSSR count). The Kier molecular flexibility index (Phi) is 3.20. The summed E-state index contributed by atoms with van der Waals surface area (Å²) in [6.45, 7) is 3.11. The quantitative estimate of drug-likeness (QED) is 0.759. The number of hydrogen-bond donors (Lipinski definition) is 3. The molecule has 6 heteroatoms. The van der Waals surface area contributed by atoms with Gasteiger partial charge < -0.3 is 20.9 Å². The van der Waals surface area contributed by atoms with Crippen LogP contribution < -0.4 is 15.8 Å². The third-order valence-electron chi connectivity index (χ3n) is 3.32. The predicted molar refractivity (Wildman–Crippen MR) is 68.9 cm³/mol. The lowest BCUT2D eigenvalue weighted by molar-refractivity contribution is -0.148. The number of hydrogen-bond acceptors (Lipinski definition) is 4. The Bertz CT molecular complexity index is 539. The lowest BCUT2D eigenvalue weighted by atomic mass is 9.81. The number of carboxylic acid groups (broad SMARTS) is 1. The van der Waals surface area contributed by atoms with Crippen molar-refractivity contribution in [3.05, 3.63) is 23.8 Å². The van der Waals surface area contributed by atoms with Gasteiger partial charge in [0.1, 0.15) is 5.75 Å². The maximum absolute atomic E-state index is 11.3. The number of anilines is 1. The smallest absolute Gasteiger partial charge is 0.311 e. The number of rotatable bonds is 3. The minimum Gasteiger partial charge on any atom is -0.482 e. The van der Waals surface area contributed by atoms with Crippen molar-refractivity contribution in [3.63, 3.8) is 0 Å². The minimum atomic E-state index is -1.10. The summed E-state index contributed by atoms with van der Waals surface area (Å²) < 4.78 is 5.23. The van der Waals surface area contributed by atoms with Crippen LogP contribution in [0.2, 0.25) is 0 Å². The highest BCUT2D eigenvalue weighted by atomic mass is 16.5. The summed E-state index contributed by atoms with van der Waals surface area (Å²) >= 11 is 0. The van der Waals surface area contributed by atoms with E-state index in [0.717, 1.165) is 0 Å². The Balaban J connectivity index is 2.34. The Hall–Kier alpha value is -2.08. The second-order valence-electron chi connectivity index (χ2n) is 5.10. The van der Waals surface area contributed by atoms with Crippen molar-refractivity contribution in [1.82, 2.24) is 0 Å². The van der Waals surface area contributed by atoms with Gasteiger partial charge in [0, 0.05) is 6.04 Å². The van der Waals surface area contributed by atoms with E-state index in [1.54, 1.807) is 32.0 Å². The van der Waals surface area contributed by atoms with E-state index in [4.69, 9.17) is 10.5 Å². The van der Waals surface area contributed by atoms with Crippen LogP contribution in [-0.2, 0) is 9.59 Å². The number of amides is 1. The maximum atomic E-state index is 11.3. The highest BCUT2D eigenvalue weighted by molar-refractivity contribution is 5.95. The monoisotopic (exact) mass is 264 g/mol. The molecule has 1 aromatic rings. The number of nitrogens with two attached hydrogens (primary N) is 1. The summed E-state index contributed by atoms with van der Waals surface area (Å²) in [6, 6.07) is 4.36. The first-order chi connectivity index (χ1) is 8.82. The zero-order valence-electron chi connectivity index (χ0n) is 10.8. The Morgan fingerprint density at radius 3 is 2.84 bits per heavy atom. The van der Waals surface area contributed by atoms with E-state index in [0.29, 0.717) is 17.0 Å². The molecule has 0 saturated heterocycles. The molecule has 0 fully saturated rings. The summed E-state index contributed by atoms with van der Waals surface area (Å²) in [7, 11) is 0. The predicted octanol–water partition coefficient (Wildman–Crippen LogP) is 1.13. The van der Waals surface area contributed by atoms with Crippen LogP contribution in [0.15, 0.2) is 18.2 Å². The molecule has 1 heterocycles. The lowest BCUT2D eigenvalue weighted by Gasteiger charge is -2.28. The average Bonchev–Trinajstić information content (AvgIpc) is 2.36. The fourth-order valence-electron chi connectivity index (χ4n) is 1.84. The van der Waals surface area contributed by atoms with Gasteiger partial charge in [-0.3, -0.25) is 9.59 Å². The fraction of sp³-hybridized carbons (Fsp3) is 0.385. The number of aliphatic carboxylic acids is 1. The molecule has 1 unspecified atom stereocenters. The molecule has 0 bridgehead atoms. The topological polar surface area (TPSA) is 102 Å². The maximum Gasteiger partial charge on any atom is 0.311 e. The van der Waals surface area contributed by atoms with Crippen molar-refractivity contribution >= 4 is 17.6 Å². The second kappa shape index (κ2) is 4.55. The van der Waals surface area contributed by atoms with Gasteiger partial charge in [-0.2, -0.15) is 0 Å². The number of fused-ring (bicyclic) bond motifs is 1. The van der Waals surface area contributed by atoms with E-state index in [9.17, 15) is 14.7 Å². The molecular formula is C13H16N2O4. The van der Waals surface area contributed by atoms with Gasteiger partial charge in [0.2, 0.25) is 0 Å². The number of carboxylic acids is 1. The highest BCUT2D eigenvalue weighted by Crippen LogP contribution is 2.36. The number of carbonyl (C=O) groups excluding carboxylic acids is 1. The van der Waals surface area contributed by atoms with E-state index in [1.807, 2.05) is 0 Å². The standard InChI is InChI=1S/C13H16N2O4/c1-13(2,12(17)18)11(14)7-3-4-9-8(5-7)15-10(16)6-19-9/h3-5,11H,6,14H2,1-2H3,(H,15,16)(H,17,18). The number of nitrogens with one attached hydrogen (secondary N) is 1. The molecule has 1 atom stereocenters. The first-order valence-corrected chi connectivity index (χ1v) is 5.88. The van der Waals surface area contributed by atoms with E-state index < -0.39 is 17.4 Å². The second-order valence-corrected chi connectivity index (χ2v) is 5.10. The molecule has 1 aromatic carbocycles. The highest BCUT2D eigenvalue weighted by Gasteiger charge is 2.35. The van der Waals surface area contributed by atoms with Crippen LogP contribution in [0.5, 0.6) is 5.75 Å². The zero-order chi connectivity index (χ0) is 14.2. The van der Waals surface area contributed by atoms with Crippen molar-refractivity contribution in [2.75, 3.05) is 11.9 Å². The van der Waals surface area contributed by atoms with Crippen LogP contribution in [0.1, 0.15) is 25.5 Å². The number of benzene rings is 1. The molecule has 0 spiro atoms. The van der Waals surface area contributed by atoms with Gasteiger partial charge in [-0.1, -0.05) is 6.07 Å². The fourth-order valence-corrected chi connectivity index (χ4v) is 1.84. The van der Waals surface area contributed by atoms with Crippen molar-refractivity contribution < 1.29 is 19.4 Å². The van der Waals surface area contributed by atoms with Crippen LogP contribution >= 0.6 is 0 Å². The van der Waals surface area contributed by atoms with E-state index in [-0.39, 0.29) is 12.5 Å². The van der Waals surface area contributed by atoms with Crippen molar-refractivity contribution in [2.24, 2.45) is 11.1 Å². The molecule has 1 aliphatic rings. The lowest BCUT2D eigenvalue weighted by Crippen LogP contribution is -2.36. The van der Waals surface area contributed by atoms with Crippen LogP contribution in [0, 0.1) is 5.41 Å². The van der Waals surface area contributed by atoms with E-state index in [2.05, 4.69) is 5.32 Å². The van der Waals surface area contributed by atoms with E-state index >= 15 is 0 Å². The summed E-state index contributed by atoms with van der Waals surface area (Å²) in [5.74, 6) is -0.655. The molecule has 0 radical (unpaired) electrons. The molecule has 1 aliphatic heterocycles. The largest absolute Gasteiger partial charge is 0.482 e. The Morgan fingerprint density at radius 2 is 2.21 bits per heavy atom. The van der Waals surface area contributed by atoms with Gasteiger partial charge in [0.15, 0.2) is 6.61 Å². The van der Waals surface area contributed by atoms with Crippen LogP contribution in [0.25, 0.3) is 0 Å². The van der Waals surface area contributed by atoms with Crippen molar-refractivity contribution in [3.8, 4) is 5.75 Å². The summed E-state index contributed by atoms with van der Waals surface area (Å²) in [4.78, 5) is 22.5. The molecule has 4 N–H and O–H groups in total. The van der Waals surface area contributed by atoms with Gasteiger partial charge >= 0.3 is 5.97 Å². The minimum absolute atomic E-state index is 0.0149. The molecule has 1 amide bonds. The SMILES string of the molecule is CC(C)(C(=O)O)C(N)c1ccc2c(c1)NC(=O)CO2. The molecule has 19 heavy (non-hydrogen) atoms. The summed E-state index contributed by atoms with van der Waals surface area (Å²) in [5, 5.41) is 11.8. The van der Waals surface area contributed by atoms with Crippen LogP contribution in [0.3, 0.4) is 0 Å². The van der Waals surface area contributed by atoms with Crippen molar-refractivity contribution in [2.45, 2.75) is 19.9 Å². The first kappa shape index (κ1) is 13.4. The average molecular weight is 264 g/mol. The first-order valence-electron chi connectivity index (χ1n) is 5.88. The third kappa shape index (κ3) is 2.39. The normalized spacial score (nSPS) is 16.1. The molecule has 0 saturated carbocycles. The molecule has 6 nitrogen and oxygen atoms in total. The molecule has 0 aromatic heterocycles. The summed E-state index contributed by atoms with van der Waals surface area (Å²) in [5.41, 5.74) is 6.06. The number of ether oxygens (including phenoxy) is 1. The van der Waals surface area contributed by atoms with Gasteiger partial charge in [0.25, 0.3) is 5.91 Å². The van der Waals surface area contributed by atoms with Gasteiger partial charge in [-0.25, -0.2) is 0 Å². The van der Waals surface area contributed by atoms with Gasteiger partial charge in [0.05, 0.1) is 11.1 Å². The third-order valence-corrected chi connectivity index (χ3v) is 3.32. The van der Waals surface area contributed by atoms with Gasteiger partial charge in [-0.15, -0.1) is 0 Å². The Labute approximate surface area is 110 Å². The van der Waals surface area contributed by atoms with Gasteiger partial charge in [-0.05, 0) is 31.5 Å². The zero-order valence-corrected chi connectivity index (χ0v) is 10.8. The molecular weight excluding hydrogens is 248 g/mol. The number of carbonyl (C=O) groups is 2. The van der Waals surface area contributed by atoms with Crippen LogP contribution in [0.4, 0.5) is 5.69 Å². The summed E-state index contributed by atoms with van der Waals surface area (Å²) in [6.07, 6.45) is 0. The van der Waals surface area contributed by atoms with Crippen molar-refractivity contribution in [1.29, 1.82) is 0 Å². The van der Waals surface area contributed by atoms with Crippen LogP contribution in [-0.4, -0.2) is 23.6 Å². The Morgan fingerprint density at radius 1 is 1.53 bits per heavy atom. The van der Waals surface area contributed by atoms with E-state index in [1.165, 1.54) is 0 Å². The molecule has 0 aliphatic carbocycles. The molecule has 102 valence electrons.